The third-order valence-corrected chi connectivity index (χ3v) is 5.84. The lowest BCUT2D eigenvalue weighted by Gasteiger charge is -2.30. The van der Waals surface area contributed by atoms with E-state index >= 15 is 0 Å². The Bertz CT molecular complexity index is 503. The lowest BCUT2D eigenvalue weighted by Crippen LogP contribution is -2.46. The zero-order chi connectivity index (χ0) is 18.4. The maximum absolute atomic E-state index is 11.5. The Morgan fingerprint density at radius 1 is 1.29 bits per heavy atom. The predicted molar refractivity (Wildman–Crippen MR) is 102 cm³/mol. The van der Waals surface area contributed by atoms with Crippen LogP contribution in [0.1, 0.15) is 53.4 Å². The van der Waals surface area contributed by atoms with Crippen LogP contribution in [0, 0.1) is 11.3 Å². The van der Waals surface area contributed by atoms with Crippen molar-refractivity contribution in [1.82, 2.24) is 14.9 Å². The first kappa shape index (κ1) is 21.2. The van der Waals surface area contributed by atoms with Gasteiger partial charge >= 0.3 is 0 Å². The Morgan fingerprint density at radius 3 is 2.33 bits per heavy atom. The van der Waals surface area contributed by atoms with Gasteiger partial charge in [-0.3, -0.25) is 4.99 Å². The summed E-state index contributed by atoms with van der Waals surface area (Å²) in [4.78, 5) is 4.30. The van der Waals surface area contributed by atoms with Gasteiger partial charge in [0.1, 0.15) is 0 Å². The Balaban J connectivity index is 2.32. The zero-order valence-corrected chi connectivity index (χ0v) is 17.0. The molecule has 0 aromatic carbocycles. The quantitative estimate of drug-likeness (QED) is 0.561. The van der Waals surface area contributed by atoms with Crippen molar-refractivity contribution >= 4 is 16.0 Å². The smallest absolute Gasteiger partial charge is 0.211 e. The maximum atomic E-state index is 11.5. The van der Waals surface area contributed by atoms with E-state index in [-0.39, 0.29) is 0 Å². The molecule has 6 nitrogen and oxygen atoms in total. The average molecular weight is 361 g/mol. The van der Waals surface area contributed by atoms with Crippen LogP contribution in [0.2, 0.25) is 0 Å². The largest absolute Gasteiger partial charge is 0.356 e. The average Bonchev–Trinajstić information content (AvgIpc) is 2.48. The second-order valence-electron chi connectivity index (χ2n) is 8.20. The first-order valence-corrected chi connectivity index (χ1v) is 10.8. The predicted octanol–water partition coefficient (Wildman–Crippen LogP) is 2.04. The standard InChI is InChI=1S/C17H36N4O2S/c1-14(7-10-17(2,3)4)20-16(18-5)19-13-15-8-11-21(12-9-15)24(6,22)23/h14-15H,7-13H2,1-6H3,(H2,18,19,20). The van der Waals surface area contributed by atoms with Gasteiger partial charge in [0.2, 0.25) is 10.0 Å². The minimum atomic E-state index is -3.04. The summed E-state index contributed by atoms with van der Waals surface area (Å²) in [6.45, 7) is 11.0. The van der Waals surface area contributed by atoms with Crippen molar-refractivity contribution in [3.05, 3.63) is 0 Å². The van der Waals surface area contributed by atoms with Crippen LogP contribution in [0.3, 0.4) is 0 Å². The molecule has 1 saturated heterocycles. The number of hydrogen-bond acceptors (Lipinski definition) is 3. The van der Waals surface area contributed by atoms with Gasteiger partial charge in [0.15, 0.2) is 5.96 Å². The van der Waals surface area contributed by atoms with Crippen LogP contribution < -0.4 is 10.6 Å². The van der Waals surface area contributed by atoms with E-state index in [1.807, 2.05) is 0 Å². The summed E-state index contributed by atoms with van der Waals surface area (Å²) in [7, 11) is -1.25. The summed E-state index contributed by atoms with van der Waals surface area (Å²) in [6, 6.07) is 0.377. The van der Waals surface area contributed by atoms with Crippen molar-refractivity contribution in [2.24, 2.45) is 16.3 Å². The van der Waals surface area contributed by atoms with Gasteiger partial charge in [-0.2, -0.15) is 0 Å². The molecule has 2 N–H and O–H groups in total. The summed E-state index contributed by atoms with van der Waals surface area (Å²) in [5, 5.41) is 6.84. The van der Waals surface area contributed by atoms with E-state index in [1.165, 1.54) is 12.7 Å². The van der Waals surface area contributed by atoms with Gasteiger partial charge in [0.25, 0.3) is 0 Å². The monoisotopic (exact) mass is 360 g/mol. The number of rotatable bonds is 6. The molecule has 142 valence electrons. The molecule has 1 unspecified atom stereocenters. The number of aliphatic imine (C=N–C) groups is 1. The molecule has 0 radical (unpaired) electrons. The molecular formula is C17H36N4O2S. The molecule has 0 bridgehead atoms. The fourth-order valence-electron chi connectivity index (χ4n) is 2.84. The van der Waals surface area contributed by atoms with Crippen molar-refractivity contribution in [2.75, 3.05) is 32.9 Å². The third kappa shape index (κ3) is 8.33. The van der Waals surface area contributed by atoms with Gasteiger partial charge in [-0.05, 0) is 43.9 Å². The molecule has 0 aliphatic carbocycles. The number of sulfonamides is 1. The molecule has 1 rings (SSSR count). The Labute approximate surface area is 148 Å². The summed E-state index contributed by atoms with van der Waals surface area (Å²) >= 11 is 0. The first-order valence-electron chi connectivity index (χ1n) is 8.93. The van der Waals surface area contributed by atoms with Gasteiger partial charge < -0.3 is 10.6 Å². The normalized spacial score (nSPS) is 20.0. The van der Waals surface area contributed by atoms with Crippen LogP contribution in [0.25, 0.3) is 0 Å². The maximum Gasteiger partial charge on any atom is 0.211 e. The molecule has 0 spiro atoms. The number of nitrogens with zero attached hydrogens (tertiary/aromatic N) is 2. The van der Waals surface area contributed by atoms with Crippen molar-refractivity contribution in [3.63, 3.8) is 0 Å². The van der Waals surface area contributed by atoms with Crippen LogP contribution in [0.4, 0.5) is 0 Å². The molecule has 1 atom stereocenters. The van der Waals surface area contributed by atoms with E-state index in [2.05, 4.69) is 43.3 Å². The lowest BCUT2D eigenvalue weighted by molar-refractivity contribution is 0.274. The van der Waals surface area contributed by atoms with Gasteiger partial charge in [-0.1, -0.05) is 20.8 Å². The van der Waals surface area contributed by atoms with E-state index in [0.29, 0.717) is 30.5 Å². The molecular weight excluding hydrogens is 324 g/mol. The Hall–Kier alpha value is -0.820. The molecule has 1 fully saturated rings. The van der Waals surface area contributed by atoms with Crippen molar-refractivity contribution < 1.29 is 8.42 Å². The Morgan fingerprint density at radius 2 is 1.88 bits per heavy atom. The SMILES string of the molecule is CN=C(NCC1CCN(S(C)(=O)=O)CC1)NC(C)CCC(C)(C)C. The third-order valence-electron chi connectivity index (χ3n) is 4.53. The topological polar surface area (TPSA) is 73.8 Å². The highest BCUT2D eigenvalue weighted by atomic mass is 32.2. The molecule has 1 aliphatic heterocycles. The molecule has 7 heteroatoms. The summed E-state index contributed by atoms with van der Waals surface area (Å²) in [5.74, 6) is 1.33. The molecule has 1 heterocycles. The summed E-state index contributed by atoms with van der Waals surface area (Å²) < 4.78 is 24.7. The lowest BCUT2D eigenvalue weighted by atomic mass is 9.89. The molecule has 24 heavy (non-hydrogen) atoms. The van der Waals surface area contributed by atoms with Crippen molar-refractivity contribution in [2.45, 2.75) is 59.4 Å². The van der Waals surface area contributed by atoms with Crippen LogP contribution >= 0.6 is 0 Å². The molecule has 0 amide bonds. The van der Waals surface area contributed by atoms with Crippen LogP contribution in [-0.4, -0.2) is 57.7 Å². The summed E-state index contributed by atoms with van der Waals surface area (Å²) in [6.07, 6.45) is 5.36. The first-order chi connectivity index (χ1) is 11.0. The van der Waals surface area contributed by atoms with Crippen molar-refractivity contribution in [3.8, 4) is 0 Å². The highest BCUT2D eigenvalue weighted by Crippen LogP contribution is 2.21. The zero-order valence-electron chi connectivity index (χ0n) is 16.2. The van der Waals surface area contributed by atoms with E-state index in [9.17, 15) is 8.42 Å². The van der Waals surface area contributed by atoms with Crippen LogP contribution in [-0.2, 0) is 10.0 Å². The minimum absolute atomic E-state index is 0.348. The van der Waals surface area contributed by atoms with Gasteiger partial charge in [-0.25, -0.2) is 12.7 Å². The second-order valence-corrected chi connectivity index (χ2v) is 10.2. The fraction of sp³-hybridized carbons (Fsp3) is 0.941. The minimum Gasteiger partial charge on any atom is -0.356 e. The Kier molecular flexibility index (Phi) is 7.99. The van der Waals surface area contributed by atoms with E-state index in [0.717, 1.165) is 31.8 Å². The number of piperidine rings is 1. The van der Waals surface area contributed by atoms with Crippen molar-refractivity contribution in [1.29, 1.82) is 0 Å². The van der Waals surface area contributed by atoms with Gasteiger partial charge in [-0.15, -0.1) is 0 Å². The number of guanidine groups is 1. The highest BCUT2D eigenvalue weighted by molar-refractivity contribution is 7.88. The molecule has 0 saturated carbocycles. The summed E-state index contributed by atoms with van der Waals surface area (Å²) in [5.41, 5.74) is 0.348. The van der Waals surface area contributed by atoms with E-state index in [1.54, 1.807) is 11.4 Å². The molecule has 0 aromatic rings. The van der Waals surface area contributed by atoms with Gasteiger partial charge in [0, 0.05) is 32.7 Å². The fourth-order valence-corrected chi connectivity index (χ4v) is 3.71. The van der Waals surface area contributed by atoms with Crippen LogP contribution in [0.5, 0.6) is 0 Å². The van der Waals surface area contributed by atoms with Crippen LogP contribution in [0.15, 0.2) is 4.99 Å². The highest BCUT2D eigenvalue weighted by Gasteiger charge is 2.24. The van der Waals surface area contributed by atoms with Gasteiger partial charge in [0.05, 0.1) is 6.26 Å². The van der Waals surface area contributed by atoms with E-state index in [4.69, 9.17) is 0 Å². The molecule has 1 aliphatic rings. The second kappa shape index (κ2) is 9.04. The number of nitrogens with one attached hydrogen (secondary N) is 2. The number of hydrogen-bond donors (Lipinski definition) is 2. The molecule has 0 aromatic heterocycles. The van der Waals surface area contributed by atoms with E-state index < -0.39 is 10.0 Å².